The number of methoxy groups -OCH3 is 1. The highest BCUT2D eigenvalue weighted by molar-refractivity contribution is 5.89. The van der Waals surface area contributed by atoms with Crippen LogP contribution in [-0.2, 0) is 10.3 Å². The number of carbonyl (C=O) groups excluding carboxylic acids is 1. The topological polar surface area (TPSA) is 50.8 Å². The lowest BCUT2D eigenvalue weighted by Gasteiger charge is -2.45. The van der Waals surface area contributed by atoms with Crippen molar-refractivity contribution in [1.82, 2.24) is 10.2 Å². The number of carbonyl (C=O) groups is 1. The lowest BCUT2D eigenvalue weighted by Crippen LogP contribution is -2.53. The fraction of sp³-hybridized carbons (Fsp3) is 0.409. The number of ether oxygens (including phenoxy) is 2. The van der Waals surface area contributed by atoms with Crippen molar-refractivity contribution in [3.63, 3.8) is 0 Å². The molecule has 1 fully saturated rings. The number of rotatable bonds is 6. The number of benzene rings is 2. The summed E-state index contributed by atoms with van der Waals surface area (Å²) >= 11 is 0. The molecule has 0 spiro atoms. The van der Waals surface area contributed by atoms with E-state index in [0.29, 0.717) is 31.6 Å². The molecule has 1 heterocycles. The Kier molecular flexibility index (Phi) is 6.37. The van der Waals surface area contributed by atoms with E-state index in [4.69, 9.17) is 13.6 Å². The molecule has 1 saturated heterocycles. The molecule has 5 nitrogen and oxygen atoms in total. The van der Waals surface area contributed by atoms with Crippen molar-refractivity contribution in [2.75, 3.05) is 40.8 Å². The van der Waals surface area contributed by atoms with E-state index in [0.717, 1.165) is 5.56 Å². The summed E-state index contributed by atoms with van der Waals surface area (Å²) in [4.78, 5) is 15.1. The largest absolute Gasteiger partial charge is 0.497 e. The van der Waals surface area contributed by atoms with E-state index < -0.39 is 18.6 Å². The van der Waals surface area contributed by atoms with Gasteiger partial charge in [0, 0.05) is 25.4 Å². The highest BCUT2D eigenvalue weighted by Crippen LogP contribution is 2.41. The SMILES string of the molecule is Cl.[2H]C([2H])([2H])Oc1cccc(C2(OC(=O)c3ccccc3)CCNCC2CN(C)C)c1. The number of hydrogen-bond donors (Lipinski definition) is 1. The molecular weight excluding hydrogens is 376 g/mol. The van der Waals surface area contributed by atoms with E-state index >= 15 is 0 Å². The summed E-state index contributed by atoms with van der Waals surface area (Å²) < 4.78 is 33.6. The molecule has 1 aliphatic rings. The second kappa shape index (κ2) is 9.92. The summed E-state index contributed by atoms with van der Waals surface area (Å²) in [6, 6.07) is 15.8. The lowest BCUT2D eigenvalue weighted by molar-refractivity contribution is -0.0768. The molecule has 1 N–H and O–H groups in total. The first kappa shape index (κ1) is 18.0. The van der Waals surface area contributed by atoms with Gasteiger partial charge in [-0.25, -0.2) is 4.79 Å². The Bertz CT molecular complexity index is 865. The van der Waals surface area contributed by atoms with E-state index in [-0.39, 0.29) is 24.1 Å². The molecule has 1 aliphatic heterocycles. The zero-order valence-corrected chi connectivity index (χ0v) is 17.0. The second-order valence-electron chi connectivity index (χ2n) is 7.19. The van der Waals surface area contributed by atoms with Crippen molar-refractivity contribution in [3.8, 4) is 5.75 Å². The molecule has 0 saturated carbocycles. The first-order valence-corrected chi connectivity index (χ1v) is 9.13. The third kappa shape index (κ3) is 4.85. The van der Waals surface area contributed by atoms with Gasteiger partial charge < -0.3 is 19.7 Å². The number of halogens is 1. The number of nitrogens with zero attached hydrogens (tertiary/aromatic N) is 1. The second-order valence-corrected chi connectivity index (χ2v) is 7.19. The summed E-state index contributed by atoms with van der Waals surface area (Å²) in [5, 5.41) is 3.39. The van der Waals surface area contributed by atoms with Crippen LogP contribution in [-0.4, -0.2) is 51.6 Å². The molecule has 0 aromatic heterocycles. The Morgan fingerprint density at radius 1 is 1.25 bits per heavy atom. The molecule has 0 amide bonds. The monoisotopic (exact) mass is 407 g/mol. The highest BCUT2D eigenvalue weighted by atomic mass is 35.5. The van der Waals surface area contributed by atoms with Crippen LogP contribution >= 0.6 is 12.4 Å². The summed E-state index contributed by atoms with van der Waals surface area (Å²) in [6.07, 6.45) is 0.571. The van der Waals surface area contributed by atoms with Gasteiger partial charge in [0.2, 0.25) is 0 Å². The fourth-order valence-electron chi connectivity index (χ4n) is 3.77. The summed E-state index contributed by atoms with van der Waals surface area (Å²) in [5.41, 5.74) is 0.312. The quantitative estimate of drug-likeness (QED) is 0.744. The molecule has 2 aromatic carbocycles. The number of esters is 1. The summed E-state index contributed by atoms with van der Waals surface area (Å²) in [5.74, 6) is -0.204. The summed E-state index contributed by atoms with van der Waals surface area (Å²) in [7, 11) is 1.41. The minimum atomic E-state index is -2.55. The van der Waals surface area contributed by atoms with E-state index in [2.05, 4.69) is 10.2 Å². The van der Waals surface area contributed by atoms with Gasteiger partial charge in [-0.3, -0.25) is 0 Å². The molecule has 6 heteroatoms. The minimum Gasteiger partial charge on any atom is -0.497 e. The first-order valence-electron chi connectivity index (χ1n) is 10.6. The number of hydrogen-bond acceptors (Lipinski definition) is 5. The predicted octanol–water partition coefficient (Wildman–Crippen LogP) is 3.34. The standard InChI is InChI=1S/C22H28N2O3.ClH/c1-24(2)16-19-15-23-13-12-22(19,18-10-7-11-20(14-18)26-3)27-21(25)17-8-5-4-6-9-17;/h4-11,14,19,23H,12-13,15-16H2,1-3H3;1H/i3D3;. The highest BCUT2D eigenvalue weighted by Gasteiger charge is 2.46. The van der Waals surface area contributed by atoms with Crippen LogP contribution in [0.1, 0.15) is 26.5 Å². The van der Waals surface area contributed by atoms with Gasteiger partial charge in [0.25, 0.3) is 0 Å². The Morgan fingerprint density at radius 2 is 2.04 bits per heavy atom. The van der Waals surface area contributed by atoms with Gasteiger partial charge in [-0.2, -0.15) is 0 Å². The van der Waals surface area contributed by atoms with E-state index in [1.807, 2.05) is 26.2 Å². The number of nitrogens with one attached hydrogen (secondary N) is 1. The average molecular weight is 408 g/mol. The molecule has 2 aromatic rings. The van der Waals surface area contributed by atoms with Crippen molar-refractivity contribution in [3.05, 3.63) is 65.7 Å². The van der Waals surface area contributed by atoms with Gasteiger partial charge in [-0.05, 0) is 50.5 Å². The number of piperidine rings is 1. The third-order valence-corrected chi connectivity index (χ3v) is 5.03. The van der Waals surface area contributed by atoms with Crippen LogP contribution in [0.3, 0.4) is 0 Å². The van der Waals surface area contributed by atoms with Crippen LogP contribution in [0.2, 0.25) is 0 Å². The third-order valence-electron chi connectivity index (χ3n) is 5.03. The van der Waals surface area contributed by atoms with Crippen molar-refractivity contribution < 1.29 is 18.4 Å². The minimum absolute atomic E-state index is 0. The molecule has 3 rings (SSSR count). The van der Waals surface area contributed by atoms with Crippen molar-refractivity contribution in [1.29, 1.82) is 0 Å². The molecule has 28 heavy (non-hydrogen) atoms. The van der Waals surface area contributed by atoms with Gasteiger partial charge in [0.05, 0.1) is 16.7 Å². The van der Waals surface area contributed by atoms with Gasteiger partial charge in [0.15, 0.2) is 0 Å². The Labute approximate surface area is 177 Å². The predicted molar refractivity (Wildman–Crippen MR) is 113 cm³/mol. The molecule has 0 aliphatic carbocycles. The van der Waals surface area contributed by atoms with Gasteiger partial charge in [-0.1, -0.05) is 30.3 Å². The maximum absolute atomic E-state index is 13.1. The zero-order valence-electron chi connectivity index (χ0n) is 19.2. The van der Waals surface area contributed by atoms with Crippen molar-refractivity contribution in [2.24, 2.45) is 5.92 Å². The van der Waals surface area contributed by atoms with Crippen LogP contribution in [0.25, 0.3) is 0 Å². The van der Waals surface area contributed by atoms with Crippen LogP contribution < -0.4 is 10.1 Å². The molecular formula is C22H29ClN2O3. The molecule has 152 valence electrons. The Morgan fingerprint density at radius 3 is 2.75 bits per heavy atom. The van der Waals surface area contributed by atoms with Crippen molar-refractivity contribution in [2.45, 2.75) is 12.0 Å². The zero-order chi connectivity index (χ0) is 21.8. The van der Waals surface area contributed by atoms with Crippen LogP contribution in [0.4, 0.5) is 0 Å². The lowest BCUT2D eigenvalue weighted by atomic mass is 9.75. The average Bonchev–Trinajstić information content (AvgIpc) is 2.68. The fourth-order valence-corrected chi connectivity index (χ4v) is 3.77. The molecule has 2 unspecified atom stereocenters. The smallest absolute Gasteiger partial charge is 0.339 e. The van der Waals surface area contributed by atoms with Gasteiger partial charge >= 0.3 is 5.97 Å². The first-order chi connectivity index (χ1) is 14.2. The van der Waals surface area contributed by atoms with E-state index in [1.54, 1.807) is 42.5 Å². The van der Waals surface area contributed by atoms with Gasteiger partial charge in [0.1, 0.15) is 11.4 Å². The maximum Gasteiger partial charge on any atom is 0.339 e. The van der Waals surface area contributed by atoms with Crippen LogP contribution in [0.5, 0.6) is 5.75 Å². The normalized spacial score (nSPS) is 23.7. The van der Waals surface area contributed by atoms with E-state index in [1.165, 1.54) is 0 Å². The Balaban J connectivity index is 0.00000341. The van der Waals surface area contributed by atoms with Gasteiger partial charge in [-0.15, -0.1) is 12.4 Å². The molecule has 0 bridgehead atoms. The van der Waals surface area contributed by atoms with Crippen molar-refractivity contribution >= 4 is 18.4 Å². The molecule has 0 radical (unpaired) electrons. The van der Waals surface area contributed by atoms with E-state index in [9.17, 15) is 4.79 Å². The van der Waals surface area contributed by atoms with Crippen LogP contribution in [0.15, 0.2) is 54.6 Å². The summed E-state index contributed by atoms with van der Waals surface area (Å²) in [6.45, 7) is 2.04. The van der Waals surface area contributed by atoms with Crippen LogP contribution in [0, 0.1) is 5.92 Å². The molecule has 2 atom stereocenters. The maximum atomic E-state index is 13.1. The Hall–Kier alpha value is -2.08.